The van der Waals surface area contributed by atoms with Crippen molar-refractivity contribution in [1.29, 1.82) is 0 Å². The van der Waals surface area contributed by atoms with Gasteiger partial charge in [-0.15, -0.1) is 0 Å². The van der Waals surface area contributed by atoms with Gasteiger partial charge in [0.05, 0.1) is 12.1 Å². The number of likely N-dealkylation sites (tertiary alicyclic amines) is 1. The molecule has 5 heteroatoms. The number of amides is 2. The summed E-state index contributed by atoms with van der Waals surface area (Å²) in [7, 11) is 0. The van der Waals surface area contributed by atoms with Crippen molar-refractivity contribution in [2.24, 2.45) is 0 Å². The van der Waals surface area contributed by atoms with Crippen LogP contribution in [0.15, 0.2) is 0 Å². The minimum absolute atomic E-state index is 0.0378. The Balaban J connectivity index is 1.86. The molecule has 0 aromatic heterocycles. The Morgan fingerprint density at radius 2 is 2.00 bits per heavy atom. The van der Waals surface area contributed by atoms with Crippen molar-refractivity contribution in [2.45, 2.75) is 57.5 Å². The van der Waals surface area contributed by atoms with Crippen LogP contribution >= 0.6 is 0 Å². The van der Waals surface area contributed by atoms with Crippen LogP contribution in [0.5, 0.6) is 0 Å². The van der Waals surface area contributed by atoms with E-state index in [0.29, 0.717) is 0 Å². The van der Waals surface area contributed by atoms with Crippen LogP contribution < -0.4 is 10.6 Å². The molecule has 2 heterocycles. The van der Waals surface area contributed by atoms with E-state index in [1.807, 2.05) is 11.8 Å². The first-order valence-electron chi connectivity index (χ1n) is 7.51. The molecule has 2 rings (SSSR count). The van der Waals surface area contributed by atoms with Crippen LogP contribution in [0.3, 0.4) is 0 Å². The van der Waals surface area contributed by atoms with E-state index in [9.17, 15) is 9.59 Å². The molecule has 0 aromatic carbocycles. The van der Waals surface area contributed by atoms with Gasteiger partial charge in [-0.05, 0) is 45.4 Å². The molecule has 2 N–H and O–H groups in total. The van der Waals surface area contributed by atoms with Crippen molar-refractivity contribution in [3.05, 3.63) is 0 Å². The highest BCUT2D eigenvalue weighted by molar-refractivity contribution is 5.85. The van der Waals surface area contributed by atoms with Gasteiger partial charge in [0.25, 0.3) is 0 Å². The fourth-order valence-electron chi connectivity index (χ4n) is 2.86. The molecular weight excluding hydrogens is 242 g/mol. The van der Waals surface area contributed by atoms with Gasteiger partial charge < -0.3 is 10.2 Å². The van der Waals surface area contributed by atoms with Gasteiger partial charge in [0.15, 0.2) is 0 Å². The largest absolute Gasteiger partial charge is 0.355 e. The van der Waals surface area contributed by atoms with Crippen LogP contribution in [0.4, 0.5) is 0 Å². The summed E-state index contributed by atoms with van der Waals surface area (Å²) in [6.07, 6.45) is 6.30. The lowest BCUT2D eigenvalue weighted by Gasteiger charge is -2.30. The lowest BCUT2D eigenvalue weighted by atomic mass is 10.1. The highest BCUT2D eigenvalue weighted by Gasteiger charge is 2.27. The Hall–Kier alpha value is -1.10. The third-order valence-electron chi connectivity index (χ3n) is 4.02. The molecule has 0 aliphatic carbocycles. The third kappa shape index (κ3) is 3.93. The first kappa shape index (κ1) is 14.3. The van der Waals surface area contributed by atoms with Crippen LogP contribution in [-0.4, -0.2) is 48.4 Å². The van der Waals surface area contributed by atoms with Gasteiger partial charge in [0.1, 0.15) is 0 Å². The Morgan fingerprint density at radius 1 is 1.26 bits per heavy atom. The van der Waals surface area contributed by atoms with Crippen molar-refractivity contribution in [1.82, 2.24) is 15.5 Å². The molecule has 2 unspecified atom stereocenters. The van der Waals surface area contributed by atoms with Crippen LogP contribution in [0.2, 0.25) is 0 Å². The molecule has 2 saturated heterocycles. The second-order valence-electron chi connectivity index (χ2n) is 5.61. The summed E-state index contributed by atoms with van der Waals surface area (Å²) in [6.45, 7) is 4.35. The number of nitrogens with zero attached hydrogens (tertiary/aromatic N) is 1. The summed E-state index contributed by atoms with van der Waals surface area (Å²) >= 11 is 0. The number of carbonyl (C=O) groups excluding carboxylic acids is 2. The number of rotatable bonds is 3. The second-order valence-corrected chi connectivity index (χ2v) is 5.61. The summed E-state index contributed by atoms with van der Waals surface area (Å²) in [5.74, 6) is 0.174. The lowest BCUT2D eigenvalue weighted by Crippen LogP contribution is -2.53. The number of hydrogen-bond acceptors (Lipinski definition) is 3. The fraction of sp³-hybridized carbons (Fsp3) is 0.857. The molecule has 2 amide bonds. The van der Waals surface area contributed by atoms with Gasteiger partial charge in [0, 0.05) is 19.6 Å². The molecule has 2 atom stereocenters. The highest BCUT2D eigenvalue weighted by atomic mass is 16.2. The zero-order valence-corrected chi connectivity index (χ0v) is 11.8. The zero-order valence-electron chi connectivity index (χ0n) is 11.8. The topological polar surface area (TPSA) is 61.4 Å². The van der Waals surface area contributed by atoms with Crippen molar-refractivity contribution < 1.29 is 9.59 Å². The molecule has 19 heavy (non-hydrogen) atoms. The predicted octanol–water partition coefficient (Wildman–Crippen LogP) is 0.646. The normalized spacial score (nSPS) is 26.5. The molecule has 2 fully saturated rings. The summed E-state index contributed by atoms with van der Waals surface area (Å²) in [6, 6.07) is -0.488. The van der Waals surface area contributed by atoms with Crippen molar-refractivity contribution in [3.8, 4) is 0 Å². The molecule has 0 bridgehead atoms. The maximum absolute atomic E-state index is 12.3. The molecule has 2 aliphatic rings. The van der Waals surface area contributed by atoms with Crippen LogP contribution in [0.25, 0.3) is 0 Å². The van der Waals surface area contributed by atoms with E-state index >= 15 is 0 Å². The van der Waals surface area contributed by atoms with E-state index in [2.05, 4.69) is 10.6 Å². The summed E-state index contributed by atoms with van der Waals surface area (Å²) < 4.78 is 0. The summed E-state index contributed by atoms with van der Waals surface area (Å²) in [4.78, 5) is 26.1. The Kier molecular flexibility index (Phi) is 5.19. The number of carbonyl (C=O) groups is 2. The molecule has 5 nitrogen and oxygen atoms in total. The Morgan fingerprint density at radius 3 is 2.74 bits per heavy atom. The third-order valence-corrected chi connectivity index (χ3v) is 4.02. The van der Waals surface area contributed by atoms with E-state index in [1.54, 1.807) is 0 Å². The fourth-order valence-corrected chi connectivity index (χ4v) is 2.86. The van der Waals surface area contributed by atoms with Crippen LogP contribution in [0, 0.1) is 0 Å². The summed E-state index contributed by atoms with van der Waals surface area (Å²) in [5.41, 5.74) is 0. The molecular formula is C14H25N3O2. The van der Waals surface area contributed by atoms with Crippen molar-refractivity contribution in [3.63, 3.8) is 0 Å². The average Bonchev–Trinajstić information content (AvgIpc) is 2.64. The quantitative estimate of drug-likeness (QED) is 0.789. The van der Waals surface area contributed by atoms with Gasteiger partial charge in [0.2, 0.25) is 11.8 Å². The number of nitrogens with one attached hydrogen (secondary N) is 2. The standard InChI is InChI=1S/C14H25N3O2/c1-11(14(19)17-9-5-2-6-10-17)16-12-7-3-4-8-15-13(12)18/h11-12,16H,2-10H2,1H3,(H,15,18). The lowest BCUT2D eigenvalue weighted by molar-refractivity contribution is -0.134. The molecule has 2 aliphatic heterocycles. The highest BCUT2D eigenvalue weighted by Crippen LogP contribution is 2.11. The van der Waals surface area contributed by atoms with Crippen LogP contribution in [-0.2, 0) is 9.59 Å². The van der Waals surface area contributed by atoms with E-state index < -0.39 is 0 Å². The monoisotopic (exact) mass is 267 g/mol. The predicted molar refractivity (Wildman–Crippen MR) is 73.7 cm³/mol. The first-order chi connectivity index (χ1) is 9.18. The molecule has 0 radical (unpaired) electrons. The SMILES string of the molecule is CC(NC1CCCCNC1=O)C(=O)N1CCCCC1. The zero-order chi connectivity index (χ0) is 13.7. The number of hydrogen-bond donors (Lipinski definition) is 2. The van der Waals surface area contributed by atoms with Gasteiger partial charge in [-0.3, -0.25) is 14.9 Å². The number of piperidine rings is 1. The van der Waals surface area contributed by atoms with Crippen LogP contribution in [0.1, 0.15) is 45.4 Å². The van der Waals surface area contributed by atoms with Crippen molar-refractivity contribution >= 4 is 11.8 Å². The minimum Gasteiger partial charge on any atom is -0.355 e. The molecule has 108 valence electrons. The van der Waals surface area contributed by atoms with Crippen molar-refractivity contribution in [2.75, 3.05) is 19.6 Å². The van der Waals surface area contributed by atoms with Gasteiger partial charge in [-0.25, -0.2) is 0 Å². The van der Waals surface area contributed by atoms with Gasteiger partial charge in [-0.1, -0.05) is 0 Å². The van der Waals surface area contributed by atoms with Gasteiger partial charge >= 0.3 is 0 Å². The Labute approximate surface area is 115 Å². The molecule has 0 aromatic rings. The van der Waals surface area contributed by atoms with Gasteiger partial charge in [-0.2, -0.15) is 0 Å². The van der Waals surface area contributed by atoms with E-state index in [-0.39, 0.29) is 23.9 Å². The maximum Gasteiger partial charge on any atom is 0.239 e. The second kappa shape index (κ2) is 6.89. The smallest absolute Gasteiger partial charge is 0.239 e. The first-order valence-corrected chi connectivity index (χ1v) is 7.51. The minimum atomic E-state index is -0.271. The Bertz CT molecular complexity index is 327. The van der Waals surface area contributed by atoms with E-state index in [0.717, 1.165) is 51.7 Å². The van der Waals surface area contributed by atoms with E-state index in [1.165, 1.54) is 6.42 Å². The molecule has 0 saturated carbocycles. The van der Waals surface area contributed by atoms with E-state index in [4.69, 9.17) is 0 Å². The molecule has 0 spiro atoms. The average molecular weight is 267 g/mol. The summed E-state index contributed by atoms with van der Waals surface area (Å²) in [5, 5.41) is 6.09. The maximum atomic E-state index is 12.3.